The lowest BCUT2D eigenvalue weighted by Gasteiger charge is -2.25. The summed E-state index contributed by atoms with van der Waals surface area (Å²) in [6.45, 7) is 1.16. The molecule has 0 saturated carbocycles. The van der Waals surface area contributed by atoms with Gasteiger partial charge in [-0.05, 0) is 49.2 Å². The number of amides is 1. The Morgan fingerprint density at radius 2 is 1.62 bits per heavy atom. The van der Waals surface area contributed by atoms with Gasteiger partial charge in [-0.1, -0.05) is 24.6 Å². The number of nitrogens with zero attached hydrogens (tertiary/aromatic N) is 1. The summed E-state index contributed by atoms with van der Waals surface area (Å²) in [5.74, 6) is 0.183. The van der Waals surface area contributed by atoms with Gasteiger partial charge in [-0.2, -0.15) is 4.31 Å². The maximum Gasteiger partial charge on any atom is 0.243 e. The van der Waals surface area contributed by atoms with E-state index in [9.17, 15) is 13.2 Å². The second kappa shape index (κ2) is 8.70. The average molecular weight is 391 g/mol. The van der Waals surface area contributed by atoms with E-state index < -0.39 is 10.0 Å². The quantitative estimate of drug-likeness (QED) is 0.766. The molecule has 138 valence electrons. The monoisotopic (exact) mass is 390 g/mol. The molecule has 0 radical (unpaired) electrons. The zero-order valence-electron chi connectivity index (χ0n) is 14.4. The molecule has 1 fully saturated rings. The fourth-order valence-electron chi connectivity index (χ4n) is 2.83. The Hall–Kier alpha value is -1.83. The molecule has 1 N–H and O–H groups in total. The number of rotatable bonds is 6. The summed E-state index contributed by atoms with van der Waals surface area (Å²) in [6.07, 6.45) is 2.90. The molecule has 1 amide bonds. The Balaban J connectivity index is 1.58. The number of thioether (sulfide) groups is 1. The fourth-order valence-corrected chi connectivity index (χ4v) is 5.06. The van der Waals surface area contributed by atoms with E-state index in [2.05, 4.69) is 5.32 Å². The highest BCUT2D eigenvalue weighted by atomic mass is 32.2. The summed E-state index contributed by atoms with van der Waals surface area (Å²) in [4.78, 5) is 13.4. The van der Waals surface area contributed by atoms with E-state index in [0.717, 1.165) is 24.2 Å². The summed E-state index contributed by atoms with van der Waals surface area (Å²) in [6, 6.07) is 16.1. The SMILES string of the molecule is O=C(CSc1ccccc1)Nc1ccc(S(=O)(=O)N2CCCCC2)cc1. The van der Waals surface area contributed by atoms with Gasteiger partial charge < -0.3 is 5.32 Å². The highest BCUT2D eigenvalue weighted by molar-refractivity contribution is 8.00. The van der Waals surface area contributed by atoms with Crippen LogP contribution in [0.2, 0.25) is 0 Å². The second-order valence-corrected chi connectivity index (χ2v) is 9.13. The van der Waals surface area contributed by atoms with Crippen molar-refractivity contribution in [1.29, 1.82) is 0 Å². The van der Waals surface area contributed by atoms with Crippen molar-refractivity contribution in [2.45, 2.75) is 29.1 Å². The first-order chi connectivity index (χ1) is 12.6. The summed E-state index contributed by atoms with van der Waals surface area (Å²) in [7, 11) is -3.44. The number of hydrogen-bond donors (Lipinski definition) is 1. The van der Waals surface area contributed by atoms with Gasteiger partial charge in [0.25, 0.3) is 0 Å². The van der Waals surface area contributed by atoms with Crippen LogP contribution in [0.3, 0.4) is 0 Å². The van der Waals surface area contributed by atoms with E-state index in [-0.39, 0.29) is 10.8 Å². The minimum absolute atomic E-state index is 0.120. The number of carbonyl (C=O) groups excluding carboxylic acids is 1. The predicted molar refractivity (Wildman–Crippen MR) is 105 cm³/mol. The van der Waals surface area contributed by atoms with Crippen LogP contribution in [0.1, 0.15) is 19.3 Å². The van der Waals surface area contributed by atoms with Crippen LogP contribution in [-0.4, -0.2) is 37.5 Å². The molecule has 0 unspecified atom stereocenters. The molecular formula is C19H22N2O3S2. The number of anilines is 1. The molecule has 5 nitrogen and oxygen atoms in total. The van der Waals surface area contributed by atoms with Gasteiger partial charge >= 0.3 is 0 Å². The van der Waals surface area contributed by atoms with E-state index in [1.54, 1.807) is 28.6 Å². The smallest absolute Gasteiger partial charge is 0.243 e. The first-order valence-electron chi connectivity index (χ1n) is 8.64. The molecule has 0 atom stereocenters. The van der Waals surface area contributed by atoms with Gasteiger partial charge in [0.1, 0.15) is 0 Å². The lowest BCUT2D eigenvalue weighted by atomic mass is 10.2. The maximum absolute atomic E-state index is 12.6. The van der Waals surface area contributed by atoms with Crippen LogP contribution in [0.25, 0.3) is 0 Å². The lowest BCUT2D eigenvalue weighted by molar-refractivity contribution is -0.113. The zero-order chi connectivity index (χ0) is 18.4. The largest absolute Gasteiger partial charge is 0.325 e. The van der Waals surface area contributed by atoms with Gasteiger partial charge in [0.15, 0.2) is 0 Å². The Labute approximate surface area is 158 Å². The van der Waals surface area contributed by atoms with Crippen molar-refractivity contribution in [2.24, 2.45) is 0 Å². The molecule has 1 heterocycles. The minimum atomic E-state index is -3.44. The molecule has 1 aliphatic heterocycles. The Morgan fingerprint density at radius 1 is 0.962 bits per heavy atom. The first kappa shape index (κ1) is 18.9. The van der Waals surface area contributed by atoms with Gasteiger partial charge in [0, 0.05) is 23.7 Å². The first-order valence-corrected chi connectivity index (χ1v) is 11.1. The third-order valence-corrected chi connectivity index (χ3v) is 7.13. The van der Waals surface area contributed by atoms with E-state index in [0.29, 0.717) is 24.5 Å². The van der Waals surface area contributed by atoms with Crippen LogP contribution in [-0.2, 0) is 14.8 Å². The Bertz CT molecular complexity index is 831. The average Bonchev–Trinajstić information content (AvgIpc) is 2.68. The number of benzene rings is 2. The predicted octanol–water partition coefficient (Wildman–Crippen LogP) is 3.59. The molecule has 1 saturated heterocycles. The van der Waals surface area contributed by atoms with Gasteiger partial charge in [-0.15, -0.1) is 11.8 Å². The summed E-state index contributed by atoms with van der Waals surface area (Å²) >= 11 is 1.46. The molecule has 2 aromatic rings. The fraction of sp³-hybridized carbons (Fsp3) is 0.316. The van der Waals surface area contributed by atoms with Crippen LogP contribution >= 0.6 is 11.8 Å². The molecule has 0 bridgehead atoms. The van der Waals surface area contributed by atoms with Crippen LogP contribution in [0, 0.1) is 0 Å². The minimum Gasteiger partial charge on any atom is -0.325 e. The van der Waals surface area contributed by atoms with Gasteiger partial charge in [0.05, 0.1) is 10.6 Å². The number of nitrogens with one attached hydrogen (secondary N) is 1. The Kier molecular flexibility index (Phi) is 6.34. The summed E-state index contributed by atoms with van der Waals surface area (Å²) < 4.78 is 26.8. The van der Waals surface area contributed by atoms with Crippen LogP contribution in [0.4, 0.5) is 5.69 Å². The third kappa shape index (κ3) is 4.87. The molecule has 3 rings (SSSR count). The lowest BCUT2D eigenvalue weighted by Crippen LogP contribution is -2.35. The molecule has 2 aromatic carbocycles. The van der Waals surface area contributed by atoms with Crippen molar-refractivity contribution in [3.05, 3.63) is 54.6 Å². The van der Waals surface area contributed by atoms with Gasteiger partial charge in [-0.3, -0.25) is 4.79 Å². The van der Waals surface area contributed by atoms with Crippen molar-refractivity contribution in [2.75, 3.05) is 24.2 Å². The van der Waals surface area contributed by atoms with Crippen molar-refractivity contribution < 1.29 is 13.2 Å². The topological polar surface area (TPSA) is 66.5 Å². The third-order valence-electron chi connectivity index (χ3n) is 4.20. The molecule has 0 aliphatic carbocycles. The number of hydrogen-bond acceptors (Lipinski definition) is 4. The maximum atomic E-state index is 12.6. The number of piperidine rings is 1. The summed E-state index contributed by atoms with van der Waals surface area (Å²) in [5, 5.41) is 2.80. The number of carbonyl (C=O) groups is 1. The van der Waals surface area contributed by atoms with Crippen molar-refractivity contribution in [3.8, 4) is 0 Å². The van der Waals surface area contributed by atoms with Crippen molar-refractivity contribution >= 4 is 33.4 Å². The highest BCUT2D eigenvalue weighted by Crippen LogP contribution is 2.22. The highest BCUT2D eigenvalue weighted by Gasteiger charge is 2.25. The zero-order valence-corrected chi connectivity index (χ0v) is 16.1. The Morgan fingerprint density at radius 3 is 2.27 bits per heavy atom. The molecule has 7 heteroatoms. The van der Waals surface area contributed by atoms with Crippen molar-refractivity contribution in [1.82, 2.24) is 4.31 Å². The summed E-state index contributed by atoms with van der Waals surface area (Å²) in [5.41, 5.74) is 0.598. The molecule has 0 aromatic heterocycles. The second-order valence-electron chi connectivity index (χ2n) is 6.14. The van der Waals surface area contributed by atoms with Crippen LogP contribution < -0.4 is 5.32 Å². The molecular weight excluding hydrogens is 368 g/mol. The van der Waals surface area contributed by atoms with E-state index in [1.165, 1.54) is 11.8 Å². The van der Waals surface area contributed by atoms with E-state index in [1.807, 2.05) is 30.3 Å². The van der Waals surface area contributed by atoms with Crippen molar-refractivity contribution in [3.63, 3.8) is 0 Å². The molecule has 26 heavy (non-hydrogen) atoms. The van der Waals surface area contributed by atoms with E-state index >= 15 is 0 Å². The molecule has 1 aliphatic rings. The normalized spacial score (nSPS) is 15.5. The van der Waals surface area contributed by atoms with E-state index in [4.69, 9.17) is 0 Å². The van der Waals surface area contributed by atoms with Gasteiger partial charge in [-0.25, -0.2) is 8.42 Å². The number of sulfonamides is 1. The van der Waals surface area contributed by atoms with Crippen LogP contribution in [0.15, 0.2) is 64.4 Å². The molecule has 0 spiro atoms. The van der Waals surface area contributed by atoms with Gasteiger partial charge in [0.2, 0.25) is 15.9 Å². The van der Waals surface area contributed by atoms with Crippen LogP contribution in [0.5, 0.6) is 0 Å². The standard InChI is InChI=1S/C19H22N2O3S2/c22-19(15-25-17-7-3-1-4-8-17)20-16-9-11-18(12-10-16)26(23,24)21-13-5-2-6-14-21/h1,3-4,7-12H,2,5-6,13-15H2,(H,20,22).